The van der Waals surface area contributed by atoms with Crippen molar-refractivity contribution in [3.63, 3.8) is 0 Å². The average Bonchev–Trinajstić information content (AvgIpc) is 2.09. The normalized spacial score (nSPS) is 9.15. The zero-order chi connectivity index (χ0) is 9.84. The second-order valence-corrected chi connectivity index (χ2v) is 2.72. The van der Waals surface area contributed by atoms with Crippen LogP contribution in [0.2, 0.25) is 5.02 Å². The number of anilines is 1. The molecule has 0 bridgehead atoms. The van der Waals surface area contributed by atoms with Crippen LogP contribution in [0.3, 0.4) is 0 Å². The lowest BCUT2D eigenvalue weighted by Crippen LogP contribution is -1.92. The number of hydrogen-bond acceptors (Lipinski definition) is 2. The topological polar surface area (TPSA) is 46.2 Å². The molecule has 0 fully saturated rings. The number of nitrogen functional groups attached to an aromatic ring is 1. The molecule has 0 radical (unpaired) electrons. The van der Waals surface area contributed by atoms with E-state index in [-0.39, 0.29) is 17.3 Å². The maximum atomic E-state index is 12.9. The Hall–Kier alpha value is -1.24. The molecule has 3 N–H and O–H groups in total. The van der Waals surface area contributed by atoms with Crippen LogP contribution < -0.4 is 5.73 Å². The molecule has 0 spiro atoms. The van der Waals surface area contributed by atoms with Crippen molar-refractivity contribution >= 4 is 17.3 Å². The number of rotatable bonds is 0. The first kappa shape index (κ1) is 9.85. The molecule has 0 saturated heterocycles. The fourth-order valence-electron chi connectivity index (χ4n) is 0.793. The van der Waals surface area contributed by atoms with E-state index >= 15 is 0 Å². The lowest BCUT2D eigenvalue weighted by molar-refractivity contribution is 0.350. The van der Waals surface area contributed by atoms with Gasteiger partial charge in [-0.15, -0.1) is 0 Å². The highest BCUT2D eigenvalue weighted by molar-refractivity contribution is 6.32. The van der Waals surface area contributed by atoms with Crippen molar-refractivity contribution in [2.24, 2.45) is 0 Å². The first-order valence-electron chi connectivity index (χ1n) is 3.49. The Kier molecular flexibility index (Phi) is 3.13. The van der Waals surface area contributed by atoms with E-state index in [1.807, 2.05) is 0 Å². The number of halogens is 2. The molecule has 0 amide bonds. The molecular formula is C9H7ClFNO. The smallest absolute Gasteiger partial charge is 0.147 e. The Bertz CT molecular complexity index is 381. The number of aliphatic hydroxyl groups is 1. The highest BCUT2D eigenvalue weighted by Gasteiger charge is 2.03. The number of benzene rings is 1. The lowest BCUT2D eigenvalue weighted by atomic mass is 10.2. The summed E-state index contributed by atoms with van der Waals surface area (Å²) in [6.07, 6.45) is 0. The van der Waals surface area contributed by atoms with E-state index in [9.17, 15) is 4.39 Å². The van der Waals surface area contributed by atoms with Crippen molar-refractivity contribution in [3.05, 3.63) is 28.5 Å². The van der Waals surface area contributed by atoms with Crippen LogP contribution in [0.25, 0.3) is 0 Å². The molecule has 0 aliphatic heterocycles. The predicted octanol–water partition coefficient (Wildman–Crippen LogP) is 1.41. The molecular weight excluding hydrogens is 193 g/mol. The molecule has 0 aliphatic carbocycles. The van der Waals surface area contributed by atoms with Gasteiger partial charge in [-0.1, -0.05) is 23.4 Å². The van der Waals surface area contributed by atoms with Crippen molar-refractivity contribution < 1.29 is 9.50 Å². The summed E-state index contributed by atoms with van der Waals surface area (Å²) in [5.41, 5.74) is 5.57. The molecule has 1 aromatic rings. The minimum absolute atomic E-state index is 0.0143. The van der Waals surface area contributed by atoms with Crippen LogP contribution in [-0.4, -0.2) is 11.7 Å². The SMILES string of the molecule is Nc1cc(Cl)c(C#CCO)cc1F. The van der Waals surface area contributed by atoms with Crippen LogP contribution in [0.1, 0.15) is 5.56 Å². The molecule has 68 valence electrons. The van der Waals surface area contributed by atoms with Crippen molar-refractivity contribution in [1.29, 1.82) is 0 Å². The molecule has 1 rings (SSSR count). The summed E-state index contributed by atoms with van der Waals surface area (Å²) in [6.45, 7) is -0.289. The Labute approximate surface area is 80.1 Å². The van der Waals surface area contributed by atoms with Crippen molar-refractivity contribution in [2.75, 3.05) is 12.3 Å². The van der Waals surface area contributed by atoms with Gasteiger partial charge in [0.05, 0.1) is 10.7 Å². The Morgan fingerprint density at radius 2 is 2.23 bits per heavy atom. The first-order chi connectivity index (χ1) is 6.15. The monoisotopic (exact) mass is 199 g/mol. The molecule has 0 aromatic heterocycles. The minimum atomic E-state index is -0.563. The van der Waals surface area contributed by atoms with Gasteiger partial charge in [0.2, 0.25) is 0 Å². The minimum Gasteiger partial charge on any atom is -0.396 e. The van der Waals surface area contributed by atoms with Crippen molar-refractivity contribution in [2.45, 2.75) is 0 Å². The zero-order valence-electron chi connectivity index (χ0n) is 6.64. The molecule has 0 saturated carbocycles. The van der Waals surface area contributed by atoms with Crippen LogP contribution in [0, 0.1) is 17.7 Å². The van der Waals surface area contributed by atoms with Crippen LogP contribution in [0.15, 0.2) is 12.1 Å². The van der Waals surface area contributed by atoms with Gasteiger partial charge < -0.3 is 10.8 Å². The summed E-state index contributed by atoms with van der Waals surface area (Å²) in [7, 11) is 0. The maximum Gasteiger partial charge on any atom is 0.147 e. The third-order valence-corrected chi connectivity index (χ3v) is 1.70. The molecule has 0 heterocycles. The van der Waals surface area contributed by atoms with Gasteiger partial charge in [0.1, 0.15) is 12.4 Å². The fourth-order valence-corrected chi connectivity index (χ4v) is 1.01. The average molecular weight is 200 g/mol. The number of nitrogens with two attached hydrogens (primary N) is 1. The van der Waals surface area contributed by atoms with Crippen molar-refractivity contribution in [3.8, 4) is 11.8 Å². The highest BCUT2D eigenvalue weighted by Crippen LogP contribution is 2.21. The first-order valence-corrected chi connectivity index (χ1v) is 3.87. The van der Waals surface area contributed by atoms with Crippen LogP contribution in [-0.2, 0) is 0 Å². The van der Waals surface area contributed by atoms with Gasteiger partial charge in [0.15, 0.2) is 0 Å². The van der Waals surface area contributed by atoms with Gasteiger partial charge in [0.25, 0.3) is 0 Å². The van der Waals surface area contributed by atoms with E-state index < -0.39 is 5.82 Å². The molecule has 13 heavy (non-hydrogen) atoms. The Morgan fingerprint density at radius 3 is 2.85 bits per heavy atom. The Balaban J connectivity index is 3.16. The standard InChI is InChI=1S/C9H7ClFNO/c10-7-5-9(12)8(11)4-6(7)2-1-3-13/h4-5,13H,3,12H2. The van der Waals surface area contributed by atoms with Crippen molar-refractivity contribution in [1.82, 2.24) is 0 Å². The Morgan fingerprint density at radius 1 is 1.54 bits per heavy atom. The van der Waals surface area contributed by atoms with Gasteiger partial charge in [-0.25, -0.2) is 4.39 Å². The van der Waals surface area contributed by atoms with Gasteiger partial charge in [-0.2, -0.15) is 0 Å². The summed E-state index contributed by atoms with van der Waals surface area (Å²) in [6, 6.07) is 2.43. The van der Waals surface area contributed by atoms with Gasteiger partial charge in [-0.3, -0.25) is 0 Å². The maximum absolute atomic E-state index is 12.9. The molecule has 0 unspecified atom stereocenters. The van der Waals surface area contributed by atoms with E-state index in [4.69, 9.17) is 22.4 Å². The molecule has 1 aromatic carbocycles. The predicted molar refractivity (Wildman–Crippen MR) is 49.8 cm³/mol. The molecule has 0 aliphatic rings. The third kappa shape index (κ3) is 2.35. The third-order valence-electron chi connectivity index (χ3n) is 1.39. The van der Waals surface area contributed by atoms with Crippen LogP contribution in [0.5, 0.6) is 0 Å². The van der Waals surface area contributed by atoms with Gasteiger partial charge >= 0.3 is 0 Å². The second-order valence-electron chi connectivity index (χ2n) is 2.31. The molecule has 2 nitrogen and oxygen atoms in total. The van der Waals surface area contributed by atoms with Crippen LogP contribution >= 0.6 is 11.6 Å². The molecule has 0 atom stereocenters. The zero-order valence-corrected chi connectivity index (χ0v) is 7.40. The highest BCUT2D eigenvalue weighted by atomic mass is 35.5. The largest absolute Gasteiger partial charge is 0.396 e. The van der Waals surface area contributed by atoms with Gasteiger partial charge in [-0.05, 0) is 12.1 Å². The summed E-state index contributed by atoms with van der Waals surface area (Å²) in [5, 5.41) is 8.68. The summed E-state index contributed by atoms with van der Waals surface area (Å²) < 4.78 is 12.9. The van der Waals surface area contributed by atoms with Gasteiger partial charge in [0, 0.05) is 5.56 Å². The van der Waals surface area contributed by atoms with E-state index in [0.717, 1.165) is 6.07 Å². The molecule has 4 heteroatoms. The quantitative estimate of drug-likeness (QED) is 0.490. The summed E-state index contributed by atoms with van der Waals surface area (Å²) >= 11 is 5.71. The van der Waals surface area contributed by atoms with E-state index in [1.165, 1.54) is 6.07 Å². The fraction of sp³-hybridized carbons (Fsp3) is 0.111. The van der Waals surface area contributed by atoms with E-state index in [1.54, 1.807) is 0 Å². The second kappa shape index (κ2) is 4.13. The van der Waals surface area contributed by atoms with E-state index in [0.29, 0.717) is 5.56 Å². The lowest BCUT2D eigenvalue weighted by Gasteiger charge is -1.99. The summed E-state index contributed by atoms with van der Waals surface area (Å²) in [5.74, 6) is 4.31. The number of aliphatic hydroxyl groups excluding tert-OH is 1. The van der Waals surface area contributed by atoms with E-state index in [2.05, 4.69) is 11.8 Å². The van der Waals surface area contributed by atoms with Crippen LogP contribution in [0.4, 0.5) is 10.1 Å². The number of hydrogen-bond donors (Lipinski definition) is 2. The summed E-state index contributed by atoms with van der Waals surface area (Å²) in [4.78, 5) is 0.